The first-order chi connectivity index (χ1) is 13.5. The fourth-order valence-electron chi connectivity index (χ4n) is 5.36. The van der Waals surface area contributed by atoms with Crippen LogP contribution in [0.1, 0.15) is 16.8 Å². The standard InChI is InChI=1S/C21H20N2O5/c1-28-21(27)10-3-2-4-11(7-10)22-16(24)9-23-19(25)17-12-5-6-13(15-8-14(12)15)18(17)20(23)26/h2-7,12-15,17-18H,8-9H2,1H3,(H,22,24)/t12-,13-,14-,15+,17-,18+/m0/s1. The molecule has 2 bridgehead atoms. The van der Waals surface area contributed by atoms with Crippen molar-refractivity contribution < 1.29 is 23.9 Å². The molecule has 6 rings (SSSR count). The van der Waals surface area contributed by atoms with Crippen molar-refractivity contribution in [3.63, 3.8) is 0 Å². The minimum absolute atomic E-state index is 0.140. The number of carbonyl (C=O) groups excluding carboxylic acids is 4. The van der Waals surface area contributed by atoms with E-state index >= 15 is 0 Å². The van der Waals surface area contributed by atoms with Gasteiger partial charge in [-0.25, -0.2) is 4.79 Å². The van der Waals surface area contributed by atoms with Crippen molar-refractivity contribution in [2.45, 2.75) is 6.42 Å². The second-order valence-corrected chi connectivity index (χ2v) is 8.04. The summed E-state index contributed by atoms with van der Waals surface area (Å²) in [4.78, 5) is 51.0. The predicted molar refractivity (Wildman–Crippen MR) is 97.8 cm³/mol. The quantitative estimate of drug-likeness (QED) is 0.485. The molecule has 7 nitrogen and oxygen atoms in total. The number of amides is 3. The molecule has 3 fully saturated rings. The van der Waals surface area contributed by atoms with Crippen LogP contribution in [0.15, 0.2) is 36.4 Å². The zero-order valence-electron chi connectivity index (χ0n) is 15.3. The number of methoxy groups -OCH3 is 1. The van der Waals surface area contributed by atoms with Gasteiger partial charge < -0.3 is 10.1 Å². The van der Waals surface area contributed by atoms with Crippen LogP contribution < -0.4 is 5.32 Å². The molecule has 4 aliphatic carbocycles. The van der Waals surface area contributed by atoms with Crippen LogP contribution in [0.2, 0.25) is 0 Å². The van der Waals surface area contributed by atoms with Gasteiger partial charge in [0.2, 0.25) is 17.7 Å². The van der Waals surface area contributed by atoms with E-state index in [-0.39, 0.29) is 42.0 Å². The van der Waals surface area contributed by atoms with E-state index in [4.69, 9.17) is 0 Å². The maximum atomic E-state index is 12.9. The zero-order valence-corrected chi connectivity index (χ0v) is 15.3. The summed E-state index contributed by atoms with van der Waals surface area (Å²) in [5, 5.41) is 2.66. The molecule has 1 N–H and O–H groups in total. The van der Waals surface area contributed by atoms with E-state index in [1.54, 1.807) is 18.2 Å². The number of imide groups is 1. The summed E-state index contributed by atoms with van der Waals surface area (Å²) >= 11 is 0. The lowest BCUT2D eigenvalue weighted by Gasteiger charge is -2.37. The van der Waals surface area contributed by atoms with Gasteiger partial charge in [-0.15, -0.1) is 0 Å². The number of allylic oxidation sites excluding steroid dienone is 2. The summed E-state index contributed by atoms with van der Waals surface area (Å²) in [6, 6.07) is 6.33. The van der Waals surface area contributed by atoms with Crippen molar-refractivity contribution in [2.75, 3.05) is 19.0 Å². The number of hydrogen-bond acceptors (Lipinski definition) is 5. The summed E-state index contributed by atoms with van der Waals surface area (Å²) < 4.78 is 4.67. The van der Waals surface area contributed by atoms with Crippen LogP contribution in [-0.4, -0.2) is 42.2 Å². The van der Waals surface area contributed by atoms with E-state index in [0.717, 1.165) is 11.3 Å². The van der Waals surface area contributed by atoms with Gasteiger partial charge in [-0.2, -0.15) is 0 Å². The van der Waals surface area contributed by atoms with Gasteiger partial charge >= 0.3 is 5.97 Å². The van der Waals surface area contributed by atoms with Crippen LogP contribution in [-0.2, 0) is 19.1 Å². The van der Waals surface area contributed by atoms with Gasteiger partial charge in [0.25, 0.3) is 0 Å². The Morgan fingerprint density at radius 1 is 1.11 bits per heavy atom. The van der Waals surface area contributed by atoms with Crippen LogP contribution in [0.5, 0.6) is 0 Å². The smallest absolute Gasteiger partial charge is 0.337 e. The molecular weight excluding hydrogens is 360 g/mol. The zero-order chi connectivity index (χ0) is 19.6. The summed E-state index contributed by atoms with van der Waals surface area (Å²) in [5.41, 5.74) is 0.717. The van der Waals surface area contributed by atoms with Crippen LogP contribution in [0.4, 0.5) is 5.69 Å². The third-order valence-corrected chi connectivity index (χ3v) is 6.62. The molecule has 144 valence electrons. The molecule has 1 saturated heterocycles. The number of ether oxygens (including phenoxy) is 1. The largest absolute Gasteiger partial charge is 0.465 e. The molecule has 7 heteroatoms. The normalized spacial score (nSPS) is 34.1. The van der Waals surface area contributed by atoms with Crippen molar-refractivity contribution in [2.24, 2.45) is 35.5 Å². The fraction of sp³-hybridized carbons (Fsp3) is 0.429. The maximum absolute atomic E-state index is 12.9. The Morgan fingerprint density at radius 2 is 1.75 bits per heavy atom. The van der Waals surface area contributed by atoms with E-state index in [1.165, 1.54) is 13.2 Å². The first kappa shape index (κ1) is 17.2. The highest BCUT2D eigenvalue weighted by Gasteiger charge is 2.67. The number of esters is 1. The molecule has 1 aromatic rings. The molecule has 5 aliphatic rings. The molecule has 0 spiro atoms. The topological polar surface area (TPSA) is 92.8 Å². The van der Waals surface area contributed by atoms with Gasteiger partial charge in [0.05, 0.1) is 24.5 Å². The minimum Gasteiger partial charge on any atom is -0.465 e. The number of hydrogen-bond donors (Lipinski definition) is 1. The van der Waals surface area contributed by atoms with Gasteiger partial charge in [-0.1, -0.05) is 18.2 Å². The monoisotopic (exact) mass is 380 g/mol. The van der Waals surface area contributed by atoms with Crippen molar-refractivity contribution in [3.8, 4) is 0 Å². The van der Waals surface area contributed by atoms with Crippen LogP contribution in [0.3, 0.4) is 0 Å². The molecule has 0 aromatic heterocycles. The molecule has 3 amide bonds. The van der Waals surface area contributed by atoms with E-state index in [0.29, 0.717) is 23.1 Å². The van der Waals surface area contributed by atoms with Crippen LogP contribution in [0.25, 0.3) is 0 Å². The number of anilines is 1. The second kappa shape index (κ2) is 6.02. The molecule has 6 atom stereocenters. The van der Waals surface area contributed by atoms with Crippen molar-refractivity contribution in [1.82, 2.24) is 4.90 Å². The molecular formula is C21H20N2O5. The Hall–Kier alpha value is -2.96. The number of nitrogens with zero attached hydrogens (tertiary/aromatic N) is 1. The number of benzene rings is 1. The lowest BCUT2D eigenvalue weighted by atomic mass is 9.63. The number of carbonyl (C=O) groups is 4. The summed E-state index contributed by atoms with van der Waals surface area (Å²) in [6.07, 6.45) is 5.31. The highest BCUT2D eigenvalue weighted by molar-refractivity contribution is 6.09. The third-order valence-electron chi connectivity index (χ3n) is 6.62. The average molecular weight is 380 g/mol. The summed E-state index contributed by atoms with van der Waals surface area (Å²) in [5.74, 6) is -0.688. The number of nitrogens with one attached hydrogen (secondary N) is 1. The van der Waals surface area contributed by atoms with Crippen molar-refractivity contribution in [1.29, 1.82) is 0 Å². The fourth-order valence-corrected chi connectivity index (χ4v) is 5.36. The molecule has 0 unspecified atom stereocenters. The second-order valence-electron chi connectivity index (χ2n) is 8.04. The molecule has 1 aromatic carbocycles. The minimum atomic E-state index is -0.508. The molecule has 2 saturated carbocycles. The molecule has 0 radical (unpaired) electrons. The Labute approximate surface area is 161 Å². The van der Waals surface area contributed by atoms with E-state index in [1.807, 2.05) is 0 Å². The number of likely N-dealkylation sites (tertiary alicyclic amines) is 1. The van der Waals surface area contributed by atoms with Crippen molar-refractivity contribution >= 4 is 29.4 Å². The average Bonchev–Trinajstić information content (AvgIpc) is 3.48. The molecule has 1 aliphatic heterocycles. The van der Waals surface area contributed by atoms with Gasteiger partial charge in [-0.05, 0) is 48.3 Å². The lowest BCUT2D eigenvalue weighted by molar-refractivity contribution is -0.142. The predicted octanol–water partition coefficient (Wildman–Crippen LogP) is 1.46. The third kappa shape index (κ3) is 2.42. The maximum Gasteiger partial charge on any atom is 0.337 e. The SMILES string of the molecule is COC(=O)c1cccc(NC(=O)CN2C(=O)[C@@H]3[C@H]4C=C[C@@H]([C@@H]5C[C@H]45)[C@@H]3C2=O)c1. The van der Waals surface area contributed by atoms with E-state index < -0.39 is 11.9 Å². The Morgan fingerprint density at radius 3 is 2.36 bits per heavy atom. The van der Waals surface area contributed by atoms with Crippen LogP contribution >= 0.6 is 0 Å². The number of rotatable bonds is 4. The van der Waals surface area contributed by atoms with Gasteiger partial charge in [0.1, 0.15) is 6.54 Å². The Kier molecular flexibility index (Phi) is 3.69. The summed E-state index contributed by atoms with van der Waals surface area (Å²) in [7, 11) is 1.28. The molecule has 28 heavy (non-hydrogen) atoms. The summed E-state index contributed by atoms with van der Waals surface area (Å²) in [6.45, 7) is -0.304. The van der Waals surface area contributed by atoms with Gasteiger partial charge in [0, 0.05) is 5.69 Å². The van der Waals surface area contributed by atoms with Crippen LogP contribution in [0, 0.1) is 35.5 Å². The lowest BCUT2D eigenvalue weighted by Crippen LogP contribution is -2.40. The van der Waals surface area contributed by atoms with Gasteiger partial charge in [-0.3, -0.25) is 19.3 Å². The van der Waals surface area contributed by atoms with Crippen molar-refractivity contribution in [3.05, 3.63) is 42.0 Å². The Bertz CT molecular complexity index is 902. The first-order valence-electron chi connectivity index (χ1n) is 9.51. The van der Waals surface area contributed by atoms with E-state index in [9.17, 15) is 19.2 Å². The first-order valence-corrected chi connectivity index (χ1v) is 9.51. The highest BCUT2D eigenvalue weighted by atomic mass is 16.5. The highest BCUT2D eigenvalue weighted by Crippen LogP contribution is 2.65. The van der Waals surface area contributed by atoms with E-state index in [2.05, 4.69) is 22.2 Å². The Balaban J connectivity index is 1.29. The van der Waals surface area contributed by atoms with Gasteiger partial charge in [0.15, 0.2) is 0 Å². The molecule has 1 heterocycles.